The van der Waals surface area contributed by atoms with Crippen LogP contribution in [0, 0.1) is 5.82 Å². The van der Waals surface area contributed by atoms with Crippen LogP contribution in [0.2, 0.25) is 0 Å². The van der Waals surface area contributed by atoms with Gasteiger partial charge in [0.1, 0.15) is 18.2 Å². The Kier molecular flexibility index (Phi) is 7.94. The molecule has 1 aliphatic carbocycles. The molecule has 1 atom stereocenters. The van der Waals surface area contributed by atoms with Crippen LogP contribution in [0.3, 0.4) is 0 Å². The number of ether oxygens (including phenoxy) is 2. The van der Waals surface area contributed by atoms with Gasteiger partial charge in [-0.1, -0.05) is 18.2 Å². The topological polar surface area (TPSA) is 116 Å². The summed E-state index contributed by atoms with van der Waals surface area (Å²) >= 11 is 0. The van der Waals surface area contributed by atoms with E-state index in [-0.39, 0.29) is 30.0 Å². The molecule has 0 radical (unpaired) electrons. The number of aromatic carboxylic acids is 1. The lowest BCUT2D eigenvalue weighted by Gasteiger charge is -2.32. The number of fused-ring (bicyclic) bond motifs is 1. The van der Waals surface area contributed by atoms with Gasteiger partial charge in [0.25, 0.3) is 0 Å². The zero-order valence-corrected chi connectivity index (χ0v) is 26.0. The van der Waals surface area contributed by atoms with Gasteiger partial charge in [-0.05, 0) is 75.5 Å². The lowest BCUT2D eigenvalue weighted by atomic mass is 9.93. The Hall–Kier alpha value is -4.61. The molecule has 2 aromatic carbocycles. The first kappa shape index (κ1) is 29.8. The zero-order chi connectivity index (χ0) is 31.9. The molecule has 3 aliphatic rings. The maximum atomic E-state index is 15.0. The van der Waals surface area contributed by atoms with Crippen molar-refractivity contribution >= 4 is 17.0 Å². The molecule has 0 amide bonds. The van der Waals surface area contributed by atoms with Crippen molar-refractivity contribution in [3.63, 3.8) is 0 Å². The number of aromatic nitrogens is 4. The highest BCUT2D eigenvalue weighted by atomic mass is 19.1. The van der Waals surface area contributed by atoms with E-state index in [1.165, 1.54) is 6.07 Å². The van der Waals surface area contributed by atoms with Gasteiger partial charge in [-0.25, -0.2) is 24.1 Å². The lowest BCUT2D eigenvalue weighted by molar-refractivity contribution is -0.0592. The maximum absolute atomic E-state index is 15.0. The first-order valence-corrected chi connectivity index (χ1v) is 16.4. The number of benzene rings is 2. The summed E-state index contributed by atoms with van der Waals surface area (Å²) in [7, 11) is 0. The van der Waals surface area contributed by atoms with E-state index >= 15 is 0 Å². The number of likely N-dealkylation sites (tertiary alicyclic amines) is 1. The lowest BCUT2D eigenvalue weighted by Crippen LogP contribution is -2.35. The Bertz CT molecular complexity index is 1920. The second-order valence-corrected chi connectivity index (χ2v) is 12.8. The van der Waals surface area contributed by atoms with Gasteiger partial charge >= 0.3 is 5.97 Å². The Labute approximate surface area is 271 Å². The minimum atomic E-state index is -0.946. The molecule has 242 valence electrons. The number of carboxylic acids is 1. The van der Waals surface area contributed by atoms with E-state index in [1.54, 1.807) is 30.5 Å². The molecule has 11 heteroatoms. The van der Waals surface area contributed by atoms with Crippen LogP contribution >= 0.6 is 0 Å². The summed E-state index contributed by atoms with van der Waals surface area (Å²) in [6.45, 7) is 3.94. The Morgan fingerprint density at radius 3 is 2.60 bits per heavy atom. The van der Waals surface area contributed by atoms with E-state index in [2.05, 4.69) is 14.5 Å². The first-order valence-electron chi connectivity index (χ1n) is 16.4. The second kappa shape index (κ2) is 12.5. The normalized spacial score (nSPS) is 18.8. The summed E-state index contributed by atoms with van der Waals surface area (Å²) in [5.74, 6) is 2.10. The predicted molar refractivity (Wildman–Crippen MR) is 171 cm³/mol. The van der Waals surface area contributed by atoms with Crippen molar-refractivity contribution < 1.29 is 28.2 Å². The molecule has 47 heavy (non-hydrogen) atoms. The average molecular weight is 638 g/mol. The summed E-state index contributed by atoms with van der Waals surface area (Å²) in [6.07, 6.45) is 6.85. The third-order valence-electron chi connectivity index (χ3n) is 9.53. The number of halogens is 1. The number of rotatable bonds is 11. The van der Waals surface area contributed by atoms with Gasteiger partial charge in [0, 0.05) is 41.3 Å². The minimum Gasteiger partial charge on any atom is -0.478 e. The smallest absolute Gasteiger partial charge is 0.335 e. The van der Waals surface area contributed by atoms with Crippen LogP contribution in [0.1, 0.15) is 77.3 Å². The molecule has 1 unspecified atom stereocenters. The van der Waals surface area contributed by atoms with Crippen LogP contribution in [0.5, 0.6) is 5.88 Å². The van der Waals surface area contributed by atoms with Crippen LogP contribution < -0.4 is 4.74 Å². The van der Waals surface area contributed by atoms with E-state index in [4.69, 9.17) is 23.9 Å². The Balaban J connectivity index is 0.892. The van der Waals surface area contributed by atoms with Crippen molar-refractivity contribution in [2.75, 3.05) is 19.7 Å². The Morgan fingerprint density at radius 2 is 1.85 bits per heavy atom. The number of hydrogen-bond donors (Lipinski definition) is 1. The van der Waals surface area contributed by atoms with Crippen molar-refractivity contribution in [3.05, 3.63) is 95.1 Å². The molecule has 0 bridgehead atoms. The highest BCUT2D eigenvalue weighted by molar-refractivity contribution is 5.92. The standard InChI is InChI=1S/C36H36FN5O5/c37-28-16-24(32-18-38-35(47-32)23-4-5-23)6-7-26(28)21-46-34-3-1-2-29(40-34)22-10-13-41(14-11-22)20-33-39-30-9-8-25(36(43)44)17-31(30)42(33)19-27-12-15-45-27/h1-3,6-9,16-18,22-23,27H,4-5,10-15,19-21H2,(H,43,44). The number of carboxylic acid groups (broad SMARTS) is 1. The highest BCUT2D eigenvalue weighted by Crippen LogP contribution is 2.40. The number of pyridine rings is 1. The third-order valence-corrected chi connectivity index (χ3v) is 9.53. The van der Waals surface area contributed by atoms with E-state index in [9.17, 15) is 14.3 Å². The molecule has 2 saturated heterocycles. The third kappa shape index (κ3) is 6.37. The molecular weight excluding hydrogens is 601 g/mol. The summed E-state index contributed by atoms with van der Waals surface area (Å²) < 4.78 is 34.6. The highest BCUT2D eigenvalue weighted by Gasteiger charge is 2.29. The number of hydrogen-bond acceptors (Lipinski definition) is 8. The van der Waals surface area contributed by atoms with Gasteiger partial charge in [0.05, 0.1) is 42.0 Å². The van der Waals surface area contributed by atoms with Gasteiger partial charge in [0.2, 0.25) is 5.88 Å². The number of oxazole rings is 1. The quantitative estimate of drug-likeness (QED) is 0.172. The molecule has 5 aromatic rings. The zero-order valence-electron chi connectivity index (χ0n) is 26.0. The van der Waals surface area contributed by atoms with Crippen molar-refractivity contribution in [1.29, 1.82) is 0 Å². The molecule has 10 nitrogen and oxygen atoms in total. The van der Waals surface area contributed by atoms with Crippen LogP contribution in [0.15, 0.2) is 65.2 Å². The summed E-state index contributed by atoms with van der Waals surface area (Å²) in [6, 6.07) is 15.9. The summed E-state index contributed by atoms with van der Waals surface area (Å²) in [5, 5.41) is 9.54. The van der Waals surface area contributed by atoms with Gasteiger partial charge in [0.15, 0.2) is 11.7 Å². The number of piperidine rings is 1. The molecule has 5 heterocycles. The summed E-state index contributed by atoms with van der Waals surface area (Å²) in [5.41, 5.74) is 3.98. The van der Waals surface area contributed by atoms with Crippen molar-refractivity contribution in [2.45, 2.75) is 69.7 Å². The Morgan fingerprint density at radius 1 is 1.00 bits per heavy atom. The van der Waals surface area contributed by atoms with E-state index in [0.29, 0.717) is 41.8 Å². The summed E-state index contributed by atoms with van der Waals surface area (Å²) in [4.78, 5) is 28.1. The molecule has 1 N–H and O–H groups in total. The van der Waals surface area contributed by atoms with Gasteiger partial charge in [-0.15, -0.1) is 0 Å². The minimum absolute atomic E-state index is 0.0750. The molecule has 1 saturated carbocycles. The fourth-order valence-corrected chi connectivity index (χ4v) is 6.50. The molecule has 8 rings (SSSR count). The van der Waals surface area contributed by atoms with Gasteiger partial charge in [-0.3, -0.25) is 4.90 Å². The number of carbonyl (C=O) groups is 1. The average Bonchev–Trinajstić information content (AvgIpc) is 3.69. The van der Waals surface area contributed by atoms with Gasteiger partial charge < -0.3 is 23.6 Å². The van der Waals surface area contributed by atoms with E-state index in [1.807, 2.05) is 24.3 Å². The van der Waals surface area contributed by atoms with Crippen molar-refractivity contribution in [3.8, 4) is 17.2 Å². The molecule has 0 spiro atoms. The second-order valence-electron chi connectivity index (χ2n) is 12.8. The van der Waals surface area contributed by atoms with Crippen LogP contribution in [0.25, 0.3) is 22.4 Å². The van der Waals surface area contributed by atoms with E-state index < -0.39 is 5.97 Å². The van der Waals surface area contributed by atoms with Crippen LogP contribution in [0.4, 0.5) is 4.39 Å². The SMILES string of the molecule is O=C(O)c1ccc2nc(CN3CCC(c4cccc(OCc5ccc(-c6cnc(C7CC7)o6)cc5F)n4)CC3)n(CC3CCO3)c2c1. The van der Waals surface area contributed by atoms with Crippen molar-refractivity contribution in [1.82, 2.24) is 24.4 Å². The van der Waals surface area contributed by atoms with Gasteiger partial charge in [-0.2, -0.15) is 0 Å². The molecule has 3 fully saturated rings. The predicted octanol–water partition coefficient (Wildman–Crippen LogP) is 6.55. The monoisotopic (exact) mass is 637 g/mol. The van der Waals surface area contributed by atoms with Crippen LogP contribution in [-0.4, -0.2) is 61.3 Å². The largest absolute Gasteiger partial charge is 0.478 e. The number of imidazole rings is 1. The van der Waals surface area contributed by atoms with E-state index in [0.717, 1.165) is 80.2 Å². The molecule has 2 aliphatic heterocycles. The first-order chi connectivity index (χ1) is 23.0. The maximum Gasteiger partial charge on any atom is 0.335 e. The fourth-order valence-electron chi connectivity index (χ4n) is 6.50. The van der Waals surface area contributed by atoms with Crippen molar-refractivity contribution in [2.24, 2.45) is 0 Å². The molecular formula is C36H36FN5O5. The fraction of sp³-hybridized carbons (Fsp3) is 0.389. The molecule has 3 aromatic heterocycles. The van der Waals surface area contributed by atoms with Crippen LogP contribution in [-0.2, 0) is 24.4 Å². The number of nitrogens with zero attached hydrogens (tertiary/aromatic N) is 5.